The van der Waals surface area contributed by atoms with E-state index in [4.69, 9.17) is 11.6 Å². The second-order valence-corrected chi connectivity index (χ2v) is 5.74. The highest BCUT2D eigenvalue weighted by atomic mass is 35.5. The van der Waals surface area contributed by atoms with E-state index in [-0.39, 0.29) is 0 Å². The lowest BCUT2D eigenvalue weighted by Crippen LogP contribution is -2.06. The van der Waals surface area contributed by atoms with Crippen LogP contribution in [0.1, 0.15) is 5.56 Å². The molecule has 0 unspecified atom stereocenters. The number of hydrogen-bond acceptors (Lipinski definition) is 4. The Balaban J connectivity index is 1.76. The van der Waals surface area contributed by atoms with Crippen LogP contribution in [0.4, 0.5) is 5.82 Å². The number of rotatable bonds is 4. The zero-order valence-corrected chi connectivity index (χ0v) is 13.5. The Morgan fingerprint density at radius 1 is 1.04 bits per heavy atom. The maximum absolute atomic E-state index is 6.24. The van der Waals surface area contributed by atoms with E-state index in [9.17, 15) is 0 Å². The number of nitrogens with one attached hydrogen (secondary N) is 1. The summed E-state index contributed by atoms with van der Waals surface area (Å²) in [6.45, 7) is 0.660. The summed E-state index contributed by atoms with van der Waals surface area (Å²) in [5, 5.41) is 8.24. The molecule has 5 nitrogen and oxygen atoms in total. The molecule has 1 N–H and O–H groups in total. The number of aromatic nitrogens is 4. The number of benzene rings is 1. The zero-order chi connectivity index (χ0) is 16.4. The average Bonchev–Trinajstić information content (AvgIpc) is 3.02. The molecule has 118 valence electrons. The Bertz CT molecular complexity index is 967. The first-order chi connectivity index (χ1) is 11.8. The van der Waals surface area contributed by atoms with Crippen LogP contribution in [0.25, 0.3) is 16.9 Å². The van der Waals surface area contributed by atoms with Gasteiger partial charge in [0.15, 0.2) is 5.65 Å². The molecule has 3 aromatic heterocycles. The Hall–Kier alpha value is -2.92. The molecule has 3 heterocycles. The SMILES string of the molecule is Clc1cnn2c(NCc3ccncc3)cc(-c3ccccc3)nc12. The topological polar surface area (TPSA) is 55.1 Å². The minimum atomic E-state index is 0.528. The molecule has 0 radical (unpaired) electrons. The fraction of sp³-hybridized carbons (Fsp3) is 0.0556. The molecule has 0 saturated heterocycles. The van der Waals surface area contributed by atoms with Crippen molar-refractivity contribution in [3.05, 3.63) is 77.7 Å². The summed E-state index contributed by atoms with van der Waals surface area (Å²) in [4.78, 5) is 8.67. The molecule has 0 aliphatic rings. The van der Waals surface area contributed by atoms with Crippen molar-refractivity contribution in [2.24, 2.45) is 0 Å². The van der Waals surface area contributed by atoms with Crippen LogP contribution in [0.2, 0.25) is 5.02 Å². The van der Waals surface area contributed by atoms with E-state index < -0.39 is 0 Å². The molecule has 0 amide bonds. The van der Waals surface area contributed by atoms with Crippen LogP contribution in [-0.2, 0) is 6.54 Å². The highest BCUT2D eigenvalue weighted by Gasteiger charge is 2.11. The average molecular weight is 336 g/mol. The predicted octanol–water partition coefficient (Wildman–Crippen LogP) is 4.06. The van der Waals surface area contributed by atoms with Crippen LogP contribution in [-0.4, -0.2) is 19.6 Å². The summed E-state index contributed by atoms with van der Waals surface area (Å²) in [6.07, 6.45) is 5.16. The first-order valence-electron chi connectivity index (χ1n) is 7.54. The highest BCUT2D eigenvalue weighted by Crippen LogP contribution is 2.25. The van der Waals surface area contributed by atoms with Crippen LogP contribution >= 0.6 is 11.6 Å². The summed E-state index contributed by atoms with van der Waals surface area (Å²) >= 11 is 6.24. The molecule has 6 heteroatoms. The van der Waals surface area contributed by atoms with Gasteiger partial charge in [0.2, 0.25) is 0 Å². The second-order valence-electron chi connectivity index (χ2n) is 5.33. The number of hydrogen-bond donors (Lipinski definition) is 1. The van der Waals surface area contributed by atoms with Gasteiger partial charge in [0.05, 0.1) is 11.9 Å². The Morgan fingerprint density at radius 3 is 2.62 bits per heavy atom. The largest absolute Gasteiger partial charge is 0.366 e. The molecule has 0 fully saturated rings. The van der Waals surface area contributed by atoms with Crippen molar-refractivity contribution in [3.8, 4) is 11.3 Å². The molecule has 0 aliphatic carbocycles. The fourth-order valence-corrected chi connectivity index (χ4v) is 2.68. The molecular formula is C18H14ClN5. The van der Waals surface area contributed by atoms with Gasteiger partial charge >= 0.3 is 0 Å². The molecule has 4 aromatic rings. The summed E-state index contributed by atoms with van der Waals surface area (Å²) in [5.41, 5.74) is 3.65. The zero-order valence-electron chi connectivity index (χ0n) is 12.7. The van der Waals surface area contributed by atoms with E-state index in [0.29, 0.717) is 17.2 Å². The molecule has 0 aliphatic heterocycles. The van der Waals surface area contributed by atoms with Gasteiger partial charge in [-0.1, -0.05) is 41.9 Å². The molecule has 0 atom stereocenters. The molecule has 0 saturated carbocycles. The Morgan fingerprint density at radius 2 is 1.83 bits per heavy atom. The molecule has 1 aromatic carbocycles. The van der Waals surface area contributed by atoms with Crippen LogP contribution in [0.3, 0.4) is 0 Å². The maximum atomic E-state index is 6.24. The lowest BCUT2D eigenvalue weighted by molar-refractivity contribution is 0.926. The highest BCUT2D eigenvalue weighted by molar-refractivity contribution is 6.33. The quantitative estimate of drug-likeness (QED) is 0.611. The van der Waals surface area contributed by atoms with Crippen LogP contribution in [0, 0.1) is 0 Å². The number of fused-ring (bicyclic) bond motifs is 1. The Labute approximate surface area is 144 Å². The monoisotopic (exact) mass is 335 g/mol. The second kappa shape index (κ2) is 6.29. The summed E-state index contributed by atoms with van der Waals surface area (Å²) in [6, 6.07) is 15.9. The number of nitrogens with zero attached hydrogens (tertiary/aromatic N) is 4. The molecule has 0 bridgehead atoms. The summed E-state index contributed by atoms with van der Waals surface area (Å²) < 4.78 is 1.72. The van der Waals surface area contributed by atoms with Gasteiger partial charge in [0.25, 0.3) is 0 Å². The molecular weight excluding hydrogens is 322 g/mol. The third-order valence-corrected chi connectivity index (χ3v) is 3.99. The van der Waals surface area contributed by atoms with Crippen molar-refractivity contribution in [3.63, 3.8) is 0 Å². The normalized spacial score (nSPS) is 10.9. The lowest BCUT2D eigenvalue weighted by atomic mass is 10.1. The van der Waals surface area contributed by atoms with E-state index in [2.05, 4.69) is 20.4 Å². The minimum absolute atomic E-state index is 0.528. The van der Waals surface area contributed by atoms with Gasteiger partial charge < -0.3 is 5.32 Å². The van der Waals surface area contributed by atoms with Crippen molar-refractivity contribution in [1.29, 1.82) is 0 Å². The maximum Gasteiger partial charge on any atom is 0.176 e. The van der Waals surface area contributed by atoms with Crippen molar-refractivity contribution in [2.75, 3.05) is 5.32 Å². The third kappa shape index (κ3) is 2.81. The van der Waals surface area contributed by atoms with Gasteiger partial charge in [-0.15, -0.1) is 0 Å². The lowest BCUT2D eigenvalue weighted by Gasteiger charge is -2.11. The van der Waals surface area contributed by atoms with E-state index >= 15 is 0 Å². The molecule has 24 heavy (non-hydrogen) atoms. The van der Waals surface area contributed by atoms with Crippen molar-refractivity contribution >= 4 is 23.1 Å². The minimum Gasteiger partial charge on any atom is -0.366 e. The van der Waals surface area contributed by atoms with Gasteiger partial charge in [-0.3, -0.25) is 4.98 Å². The van der Waals surface area contributed by atoms with E-state index in [1.807, 2.05) is 48.5 Å². The number of halogens is 1. The van der Waals surface area contributed by atoms with Gasteiger partial charge in [0.1, 0.15) is 10.8 Å². The van der Waals surface area contributed by atoms with E-state index in [0.717, 1.165) is 22.6 Å². The van der Waals surface area contributed by atoms with Crippen molar-refractivity contribution in [1.82, 2.24) is 19.6 Å². The summed E-state index contributed by atoms with van der Waals surface area (Å²) in [5.74, 6) is 0.836. The van der Waals surface area contributed by atoms with Crippen LogP contribution in [0.5, 0.6) is 0 Å². The van der Waals surface area contributed by atoms with E-state index in [1.54, 1.807) is 23.1 Å². The molecule has 4 rings (SSSR count). The molecule has 0 spiro atoms. The Kier molecular flexibility index (Phi) is 3.84. The van der Waals surface area contributed by atoms with E-state index in [1.165, 1.54) is 0 Å². The number of anilines is 1. The predicted molar refractivity (Wildman–Crippen MR) is 95.0 cm³/mol. The standard InChI is InChI=1S/C18H14ClN5/c19-15-12-22-24-17(21-11-13-6-8-20-9-7-13)10-16(23-18(15)24)14-4-2-1-3-5-14/h1-10,12,21H,11H2. The van der Waals surface area contributed by atoms with Crippen molar-refractivity contribution < 1.29 is 0 Å². The smallest absolute Gasteiger partial charge is 0.176 e. The van der Waals surface area contributed by atoms with Crippen LogP contribution < -0.4 is 5.32 Å². The van der Waals surface area contributed by atoms with Gasteiger partial charge in [0, 0.05) is 30.6 Å². The van der Waals surface area contributed by atoms with Gasteiger partial charge in [-0.25, -0.2) is 4.98 Å². The first kappa shape index (κ1) is 14.7. The van der Waals surface area contributed by atoms with Crippen LogP contribution in [0.15, 0.2) is 67.1 Å². The third-order valence-electron chi connectivity index (χ3n) is 3.72. The first-order valence-corrected chi connectivity index (χ1v) is 7.91. The number of pyridine rings is 1. The van der Waals surface area contributed by atoms with Gasteiger partial charge in [-0.05, 0) is 17.7 Å². The summed E-state index contributed by atoms with van der Waals surface area (Å²) in [7, 11) is 0. The van der Waals surface area contributed by atoms with Crippen molar-refractivity contribution in [2.45, 2.75) is 6.54 Å². The fourth-order valence-electron chi connectivity index (χ4n) is 2.51. The van der Waals surface area contributed by atoms with Gasteiger partial charge in [-0.2, -0.15) is 9.61 Å².